The molecule has 8 heteroatoms. The topological polar surface area (TPSA) is 98.6 Å². The van der Waals surface area contributed by atoms with Crippen molar-refractivity contribution < 1.29 is 28.8 Å². The first-order valence-corrected chi connectivity index (χ1v) is 9.19. The molecule has 8 nitrogen and oxygen atoms in total. The van der Waals surface area contributed by atoms with Crippen molar-refractivity contribution in [3.63, 3.8) is 0 Å². The first-order valence-electron chi connectivity index (χ1n) is 9.19. The molecule has 0 aromatic heterocycles. The fourth-order valence-electron chi connectivity index (χ4n) is 3.12. The first-order chi connectivity index (χ1) is 14.6. The molecular weight excluding hydrogens is 388 g/mol. The van der Waals surface area contributed by atoms with Gasteiger partial charge in [-0.3, -0.25) is 4.79 Å². The molecule has 0 saturated carbocycles. The predicted octanol–water partition coefficient (Wildman–Crippen LogP) is 2.85. The largest absolute Gasteiger partial charge is 0.502 e. The minimum atomic E-state index is -0.834. The third-order valence-corrected chi connectivity index (χ3v) is 4.65. The van der Waals surface area contributed by atoms with Crippen LogP contribution in [0.1, 0.15) is 5.56 Å². The molecule has 1 atom stereocenters. The molecule has 0 aliphatic carbocycles. The zero-order chi connectivity index (χ0) is 21.1. The van der Waals surface area contributed by atoms with Crippen LogP contribution in [-0.4, -0.2) is 44.2 Å². The SMILES string of the molecule is COc1cc(C=NNC(=O)C2COc3cc4ccccc4cc3O2)cc(OC)c1O. The van der Waals surface area contributed by atoms with E-state index in [0.717, 1.165) is 10.8 Å². The Balaban J connectivity index is 1.44. The number of rotatable bonds is 5. The van der Waals surface area contributed by atoms with Crippen LogP contribution >= 0.6 is 0 Å². The van der Waals surface area contributed by atoms with Crippen LogP contribution in [0.4, 0.5) is 0 Å². The lowest BCUT2D eigenvalue weighted by molar-refractivity contribution is -0.130. The number of amides is 1. The van der Waals surface area contributed by atoms with Crippen molar-refractivity contribution in [3.05, 3.63) is 54.1 Å². The van der Waals surface area contributed by atoms with Crippen LogP contribution in [0.2, 0.25) is 0 Å². The van der Waals surface area contributed by atoms with Crippen molar-refractivity contribution in [3.8, 4) is 28.7 Å². The maximum Gasteiger partial charge on any atom is 0.284 e. The van der Waals surface area contributed by atoms with Gasteiger partial charge in [-0.15, -0.1) is 0 Å². The number of carbonyl (C=O) groups excluding carboxylic acids is 1. The van der Waals surface area contributed by atoms with Crippen molar-refractivity contribution in [2.45, 2.75) is 6.10 Å². The Bertz CT molecular complexity index is 1100. The van der Waals surface area contributed by atoms with Crippen LogP contribution in [-0.2, 0) is 4.79 Å². The summed E-state index contributed by atoms with van der Waals surface area (Å²) in [6.07, 6.45) is 0.577. The number of benzene rings is 3. The number of hydrogen-bond acceptors (Lipinski definition) is 7. The molecule has 154 valence electrons. The van der Waals surface area contributed by atoms with Gasteiger partial charge in [0.25, 0.3) is 5.91 Å². The summed E-state index contributed by atoms with van der Waals surface area (Å²) in [5, 5.41) is 15.9. The van der Waals surface area contributed by atoms with E-state index in [1.165, 1.54) is 20.4 Å². The van der Waals surface area contributed by atoms with Crippen LogP contribution in [0.15, 0.2) is 53.6 Å². The number of carbonyl (C=O) groups is 1. The molecule has 4 rings (SSSR count). The second-order valence-corrected chi connectivity index (χ2v) is 6.57. The first kappa shape index (κ1) is 19.4. The lowest BCUT2D eigenvalue weighted by Crippen LogP contribution is -2.42. The Hall–Kier alpha value is -3.94. The second-order valence-electron chi connectivity index (χ2n) is 6.57. The lowest BCUT2D eigenvalue weighted by Gasteiger charge is -2.25. The predicted molar refractivity (Wildman–Crippen MR) is 111 cm³/mol. The van der Waals surface area contributed by atoms with Gasteiger partial charge in [0.1, 0.15) is 6.61 Å². The summed E-state index contributed by atoms with van der Waals surface area (Å²) in [6, 6.07) is 14.7. The number of aromatic hydroxyl groups is 1. The molecule has 1 aliphatic rings. The molecule has 30 heavy (non-hydrogen) atoms. The average Bonchev–Trinajstić information content (AvgIpc) is 2.78. The van der Waals surface area contributed by atoms with E-state index in [1.54, 1.807) is 12.1 Å². The van der Waals surface area contributed by atoms with E-state index in [0.29, 0.717) is 17.1 Å². The smallest absolute Gasteiger partial charge is 0.284 e. The number of nitrogens with one attached hydrogen (secondary N) is 1. The van der Waals surface area contributed by atoms with E-state index >= 15 is 0 Å². The summed E-state index contributed by atoms with van der Waals surface area (Å²) in [4.78, 5) is 12.4. The van der Waals surface area contributed by atoms with Crippen LogP contribution in [0.5, 0.6) is 28.7 Å². The van der Waals surface area contributed by atoms with Gasteiger partial charge < -0.3 is 24.1 Å². The molecule has 0 radical (unpaired) electrons. The molecule has 0 bridgehead atoms. The van der Waals surface area contributed by atoms with Gasteiger partial charge in [0.2, 0.25) is 11.9 Å². The van der Waals surface area contributed by atoms with E-state index in [4.69, 9.17) is 18.9 Å². The lowest BCUT2D eigenvalue weighted by atomic mass is 10.1. The Morgan fingerprint density at radius 1 is 1.10 bits per heavy atom. The monoisotopic (exact) mass is 408 g/mol. The summed E-state index contributed by atoms with van der Waals surface area (Å²) in [5.41, 5.74) is 3.01. The van der Waals surface area contributed by atoms with Gasteiger partial charge in [-0.1, -0.05) is 24.3 Å². The highest BCUT2D eigenvalue weighted by molar-refractivity contribution is 5.88. The average molecular weight is 408 g/mol. The van der Waals surface area contributed by atoms with Crippen LogP contribution in [0.25, 0.3) is 10.8 Å². The molecule has 1 heterocycles. The third-order valence-electron chi connectivity index (χ3n) is 4.65. The number of hydrogen-bond donors (Lipinski definition) is 2. The van der Waals surface area contributed by atoms with E-state index in [2.05, 4.69) is 10.5 Å². The molecule has 1 amide bonds. The van der Waals surface area contributed by atoms with Gasteiger partial charge in [-0.2, -0.15) is 5.10 Å². The molecule has 3 aromatic carbocycles. The normalized spacial score (nSPS) is 15.2. The molecule has 1 aliphatic heterocycles. The highest BCUT2D eigenvalue weighted by Crippen LogP contribution is 2.37. The van der Waals surface area contributed by atoms with Gasteiger partial charge in [0.05, 0.1) is 20.4 Å². The minimum absolute atomic E-state index is 0.0769. The summed E-state index contributed by atoms with van der Waals surface area (Å²) in [6.45, 7) is 0.0769. The number of nitrogens with zero attached hydrogens (tertiary/aromatic N) is 1. The number of phenols is 1. The van der Waals surface area contributed by atoms with Gasteiger partial charge in [-0.25, -0.2) is 5.43 Å². The van der Waals surface area contributed by atoms with E-state index in [1.807, 2.05) is 36.4 Å². The third kappa shape index (κ3) is 3.80. The second kappa shape index (κ2) is 8.20. The summed E-state index contributed by atoms with van der Waals surface area (Å²) >= 11 is 0. The van der Waals surface area contributed by atoms with Crippen LogP contribution in [0, 0.1) is 0 Å². The van der Waals surface area contributed by atoms with E-state index < -0.39 is 12.0 Å². The number of hydrazone groups is 1. The summed E-state index contributed by atoms with van der Waals surface area (Å²) in [5.74, 6) is 1.02. The maximum absolute atomic E-state index is 12.4. The Kier molecular flexibility index (Phi) is 5.30. The fraction of sp³-hybridized carbons (Fsp3) is 0.182. The van der Waals surface area contributed by atoms with Gasteiger partial charge in [0.15, 0.2) is 23.0 Å². The van der Waals surface area contributed by atoms with E-state index in [9.17, 15) is 9.90 Å². The number of fused-ring (bicyclic) bond motifs is 2. The number of ether oxygens (including phenoxy) is 4. The summed E-state index contributed by atoms with van der Waals surface area (Å²) < 4.78 is 21.7. The van der Waals surface area contributed by atoms with Crippen LogP contribution < -0.4 is 24.4 Å². The highest BCUT2D eigenvalue weighted by Gasteiger charge is 2.27. The highest BCUT2D eigenvalue weighted by atomic mass is 16.6. The molecule has 0 fully saturated rings. The molecular formula is C22H20N2O6. The standard InChI is InChI=1S/C22H20N2O6/c1-27-18-7-13(8-19(28-2)21(18)25)11-23-24-22(26)20-12-29-16-9-14-5-3-4-6-15(14)10-17(16)30-20/h3-11,20,25H,12H2,1-2H3,(H,24,26). The van der Waals surface area contributed by atoms with Crippen molar-refractivity contribution in [2.24, 2.45) is 5.10 Å². The van der Waals surface area contributed by atoms with E-state index in [-0.39, 0.29) is 23.9 Å². The maximum atomic E-state index is 12.4. The summed E-state index contributed by atoms with van der Waals surface area (Å²) in [7, 11) is 2.86. The minimum Gasteiger partial charge on any atom is -0.502 e. The van der Waals surface area contributed by atoms with Crippen molar-refractivity contribution in [1.82, 2.24) is 5.43 Å². The Morgan fingerprint density at radius 2 is 1.73 bits per heavy atom. The molecule has 1 unspecified atom stereocenters. The molecule has 0 spiro atoms. The van der Waals surface area contributed by atoms with Gasteiger partial charge >= 0.3 is 0 Å². The van der Waals surface area contributed by atoms with Gasteiger partial charge in [-0.05, 0) is 35.0 Å². The van der Waals surface area contributed by atoms with Crippen molar-refractivity contribution in [1.29, 1.82) is 0 Å². The van der Waals surface area contributed by atoms with Crippen molar-refractivity contribution >= 4 is 22.9 Å². The quantitative estimate of drug-likeness (QED) is 0.498. The molecule has 3 aromatic rings. The number of phenolic OH excluding ortho intramolecular Hbond substituents is 1. The Morgan fingerprint density at radius 3 is 2.37 bits per heavy atom. The van der Waals surface area contributed by atoms with Gasteiger partial charge in [0, 0.05) is 5.56 Å². The van der Waals surface area contributed by atoms with Crippen molar-refractivity contribution in [2.75, 3.05) is 20.8 Å². The van der Waals surface area contributed by atoms with Crippen LogP contribution in [0.3, 0.4) is 0 Å². The zero-order valence-electron chi connectivity index (χ0n) is 16.4. The zero-order valence-corrected chi connectivity index (χ0v) is 16.4. The molecule has 2 N–H and O–H groups in total. The molecule has 0 saturated heterocycles. The Labute approximate surface area is 172 Å². The fourth-order valence-corrected chi connectivity index (χ4v) is 3.12. The number of methoxy groups -OCH3 is 2.